The first kappa shape index (κ1) is 32.9. The number of fused-ring (bicyclic) bond motifs is 5. The van der Waals surface area contributed by atoms with Crippen LogP contribution in [0.15, 0.2) is 11.6 Å². The van der Waals surface area contributed by atoms with Gasteiger partial charge in [-0.1, -0.05) is 72.5 Å². The quantitative estimate of drug-likeness (QED) is 0.237. The predicted octanol–water partition coefficient (Wildman–Crippen LogP) is 6.24. The van der Waals surface area contributed by atoms with Crippen LogP contribution in [-0.2, 0) is 9.47 Å². The van der Waals surface area contributed by atoms with Crippen molar-refractivity contribution in [1.29, 1.82) is 0 Å². The Hall–Kier alpha value is -0.500. The molecule has 1 saturated heterocycles. The van der Waals surface area contributed by atoms with Gasteiger partial charge in [0.25, 0.3) is 0 Å². The fraction of sp³-hybridized carbons (Fsp3) is 0.944. The predicted molar refractivity (Wildman–Crippen MR) is 165 cm³/mol. The minimum Gasteiger partial charge on any atom is -0.394 e. The molecule has 0 spiro atoms. The van der Waals surface area contributed by atoms with Crippen LogP contribution in [0.3, 0.4) is 0 Å². The molecule has 0 amide bonds. The molecule has 6 heteroatoms. The molecular weight excluding hydrogens is 528 g/mol. The summed E-state index contributed by atoms with van der Waals surface area (Å²) in [4.78, 5) is 0. The van der Waals surface area contributed by atoms with Gasteiger partial charge in [-0.3, -0.25) is 0 Å². The molecule has 0 aromatic heterocycles. The summed E-state index contributed by atoms with van der Waals surface area (Å²) in [6.45, 7) is 14.5. The van der Waals surface area contributed by atoms with E-state index in [1.807, 2.05) is 0 Å². The van der Waals surface area contributed by atoms with Gasteiger partial charge < -0.3 is 29.9 Å². The van der Waals surface area contributed by atoms with Gasteiger partial charge in [0.15, 0.2) is 6.29 Å². The first-order valence-corrected chi connectivity index (χ1v) is 17.6. The zero-order chi connectivity index (χ0) is 30.4. The van der Waals surface area contributed by atoms with Crippen molar-refractivity contribution in [2.75, 3.05) is 6.61 Å². The topological polar surface area (TPSA) is 99.4 Å². The van der Waals surface area contributed by atoms with Crippen molar-refractivity contribution in [3.8, 4) is 0 Å². The van der Waals surface area contributed by atoms with Gasteiger partial charge in [0.05, 0.1) is 12.7 Å². The Labute approximate surface area is 255 Å². The van der Waals surface area contributed by atoms with Crippen LogP contribution in [0.4, 0.5) is 0 Å². The Bertz CT molecular complexity index is 934. The molecule has 6 nitrogen and oxygen atoms in total. The molecule has 42 heavy (non-hydrogen) atoms. The summed E-state index contributed by atoms with van der Waals surface area (Å²) in [7, 11) is 0. The van der Waals surface area contributed by atoms with Gasteiger partial charge >= 0.3 is 0 Å². The third-order valence-corrected chi connectivity index (χ3v) is 13.7. The van der Waals surface area contributed by atoms with Crippen LogP contribution in [0.25, 0.3) is 0 Å². The lowest BCUT2D eigenvalue weighted by atomic mass is 9.42. The zero-order valence-corrected chi connectivity index (χ0v) is 27.4. The molecule has 0 aromatic carbocycles. The molecule has 1 aliphatic heterocycles. The van der Waals surface area contributed by atoms with E-state index in [2.05, 4.69) is 47.6 Å². The molecule has 0 radical (unpaired) electrons. The first-order chi connectivity index (χ1) is 19.9. The largest absolute Gasteiger partial charge is 0.394 e. The second-order valence-electron chi connectivity index (χ2n) is 16.0. The Morgan fingerprint density at radius 1 is 0.952 bits per heavy atom. The zero-order valence-electron chi connectivity index (χ0n) is 27.4. The van der Waals surface area contributed by atoms with Crippen LogP contribution >= 0.6 is 0 Å². The molecule has 5 aliphatic rings. The molecule has 0 aromatic rings. The van der Waals surface area contributed by atoms with Crippen molar-refractivity contribution in [1.82, 2.24) is 0 Å². The summed E-state index contributed by atoms with van der Waals surface area (Å²) in [5.41, 5.74) is 2.17. The van der Waals surface area contributed by atoms with E-state index in [1.165, 1.54) is 63.4 Å². The van der Waals surface area contributed by atoms with Crippen molar-refractivity contribution in [2.45, 2.75) is 155 Å². The highest BCUT2D eigenvalue weighted by molar-refractivity contribution is 5.25. The number of rotatable bonds is 9. The molecule has 3 saturated carbocycles. The fourth-order valence-electron chi connectivity index (χ4n) is 11.0. The second kappa shape index (κ2) is 13.1. The van der Waals surface area contributed by atoms with Gasteiger partial charge in [0, 0.05) is 0 Å². The highest BCUT2D eigenvalue weighted by atomic mass is 16.7. The summed E-state index contributed by atoms with van der Waals surface area (Å²) in [6, 6.07) is 0. The average molecular weight is 591 g/mol. The molecule has 14 atom stereocenters. The molecule has 1 heterocycles. The van der Waals surface area contributed by atoms with E-state index in [0.29, 0.717) is 5.41 Å². The highest BCUT2D eigenvalue weighted by Gasteiger charge is 2.58. The highest BCUT2D eigenvalue weighted by Crippen LogP contribution is 2.66. The smallest absolute Gasteiger partial charge is 0.186 e. The maximum absolute atomic E-state index is 10.5. The maximum Gasteiger partial charge on any atom is 0.186 e. The van der Waals surface area contributed by atoms with Crippen LogP contribution in [0.2, 0.25) is 0 Å². The van der Waals surface area contributed by atoms with Crippen LogP contribution in [-0.4, -0.2) is 63.8 Å². The van der Waals surface area contributed by atoms with Crippen LogP contribution < -0.4 is 0 Å². The number of hydrogen-bond acceptors (Lipinski definition) is 6. The lowest BCUT2D eigenvalue weighted by Gasteiger charge is -2.62. The average Bonchev–Trinajstić information content (AvgIpc) is 2.96. The molecule has 0 bridgehead atoms. The van der Waals surface area contributed by atoms with E-state index >= 15 is 0 Å². The normalized spacial score (nSPS) is 47.2. The summed E-state index contributed by atoms with van der Waals surface area (Å²) in [5, 5.41) is 40.5. The molecule has 242 valence electrons. The van der Waals surface area contributed by atoms with Gasteiger partial charge in [-0.25, -0.2) is 0 Å². The minimum absolute atomic E-state index is 0.103. The number of allylic oxidation sites excluding steroid dienone is 1. The van der Waals surface area contributed by atoms with Crippen LogP contribution in [0.5, 0.6) is 0 Å². The van der Waals surface area contributed by atoms with Gasteiger partial charge in [-0.2, -0.15) is 0 Å². The van der Waals surface area contributed by atoms with E-state index in [4.69, 9.17) is 9.47 Å². The monoisotopic (exact) mass is 590 g/mol. The van der Waals surface area contributed by atoms with Gasteiger partial charge in [0.2, 0.25) is 0 Å². The fourth-order valence-corrected chi connectivity index (χ4v) is 11.0. The Kier molecular flexibility index (Phi) is 10.2. The van der Waals surface area contributed by atoms with Crippen molar-refractivity contribution in [2.24, 2.45) is 52.3 Å². The summed E-state index contributed by atoms with van der Waals surface area (Å²) in [6.07, 6.45) is 11.3. The Morgan fingerprint density at radius 2 is 1.71 bits per heavy atom. The Morgan fingerprint density at radius 3 is 2.40 bits per heavy atom. The van der Waals surface area contributed by atoms with Crippen molar-refractivity contribution in [3.63, 3.8) is 0 Å². The third-order valence-electron chi connectivity index (χ3n) is 13.7. The van der Waals surface area contributed by atoms with Crippen molar-refractivity contribution in [3.05, 3.63) is 11.6 Å². The molecule has 5 rings (SSSR count). The van der Waals surface area contributed by atoms with E-state index in [1.54, 1.807) is 0 Å². The molecule has 4 fully saturated rings. The third kappa shape index (κ3) is 5.91. The van der Waals surface area contributed by atoms with E-state index in [9.17, 15) is 20.4 Å². The van der Waals surface area contributed by atoms with Gasteiger partial charge in [-0.15, -0.1) is 0 Å². The lowest BCUT2D eigenvalue weighted by Crippen LogP contribution is -2.60. The summed E-state index contributed by atoms with van der Waals surface area (Å²) >= 11 is 0. The second-order valence-corrected chi connectivity index (χ2v) is 16.0. The van der Waals surface area contributed by atoms with Crippen LogP contribution in [0.1, 0.15) is 119 Å². The lowest BCUT2D eigenvalue weighted by molar-refractivity contribution is -0.313. The summed E-state index contributed by atoms with van der Waals surface area (Å²) < 4.78 is 11.9. The van der Waals surface area contributed by atoms with Crippen LogP contribution in [0, 0.1) is 52.3 Å². The first-order valence-electron chi connectivity index (χ1n) is 17.6. The minimum atomic E-state index is -1.40. The SMILES string of the molecule is CCC(CCC(C)C1CCCC2C3CC=C4CC(OC5OC(CO)C(O)C(O)C5O)CCC4(C)C3CCC12C)C(C)C. The number of aliphatic hydroxyl groups is 4. The standard InChI is InChI=1S/C36H62O6/c1-7-23(21(2)3)12-11-22(4)27-9-8-10-28-26-14-13-24-19-25(15-17-35(24,5)29(26)16-18-36(27,28)6)41-34-33(40)32(39)31(38)30(20-37)42-34/h13,21-23,25-34,37-40H,7-12,14-20H2,1-6H3. The van der Waals surface area contributed by atoms with Crippen molar-refractivity contribution < 1.29 is 29.9 Å². The molecule has 14 unspecified atom stereocenters. The van der Waals surface area contributed by atoms with E-state index < -0.39 is 37.3 Å². The molecule has 4 aliphatic carbocycles. The number of ether oxygens (including phenoxy) is 2. The molecule has 4 N–H and O–H groups in total. The van der Waals surface area contributed by atoms with E-state index in [-0.39, 0.29) is 11.5 Å². The number of hydrogen-bond donors (Lipinski definition) is 4. The van der Waals surface area contributed by atoms with Gasteiger partial charge in [-0.05, 0) is 110 Å². The maximum atomic E-state index is 10.5. The van der Waals surface area contributed by atoms with E-state index in [0.717, 1.165) is 60.7 Å². The summed E-state index contributed by atoms with van der Waals surface area (Å²) in [5.74, 6) is 5.62. The van der Waals surface area contributed by atoms with Gasteiger partial charge in [0.1, 0.15) is 24.4 Å². The van der Waals surface area contributed by atoms with Crippen molar-refractivity contribution >= 4 is 0 Å². The Balaban J connectivity index is 1.26. The number of aliphatic hydroxyl groups excluding tert-OH is 4. The molecular formula is C36H62O6.